The molecule has 0 aliphatic carbocycles. The maximum Gasteiger partial charge on any atom is 0.287 e. The quantitative estimate of drug-likeness (QED) is 0.731. The molecule has 6 heteroatoms. The Morgan fingerprint density at radius 1 is 1.23 bits per heavy atom. The van der Waals surface area contributed by atoms with Crippen LogP contribution in [0.5, 0.6) is 0 Å². The lowest BCUT2D eigenvalue weighted by Gasteiger charge is -2.00. The standard InChI is InChI=1S/C16H13BrN2O2S/c17-14-7-6-13(21-14)16(20)18-9-12-10-22-15(19-12)8-11-4-2-1-3-5-11/h1-7,10H,8-9H2,(H,18,20). The van der Waals surface area contributed by atoms with Crippen LogP contribution >= 0.6 is 27.3 Å². The van der Waals surface area contributed by atoms with E-state index >= 15 is 0 Å². The number of carbonyl (C=O) groups is 1. The molecule has 3 aromatic rings. The van der Waals surface area contributed by atoms with Crippen molar-refractivity contribution < 1.29 is 9.21 Å². The van der Waals surface area contributed by atoms with E-state index in [1.807, 2.05) is 23.6 Å². The van der Waals surface area contributed by atoms with Gasteiger partial charge in [-0.15, -0.1) is 11.3 Å². The summed E-state index contributed by atoms with van der Waals surface area (Å²) in [6, 6.07) is 13.5. The summed E-state index contributed by atoms with van der Waals surface area (Å²) in [5.74, 6) is 0.0370. The summed E-state index contributed by atoms with van der Waals surface area (Å²) < 4.78 is 5.74. The smallest absolute Gasteiger partial charge is 0.287 e. The molecule has 0 bridgehead atoms. The second-order valence-corrected chi connectivity index (χ2v) is 6.41. The molecule has 0 unspecified atom stereocenters. The van der Waals surface area contributed by atoms with Gasteiger partial charge >= 0.3 is 0 Å². The van der Waals surface area contributed by atoms with E-state index in [1.54, 1.807) is 23.5 Å². The number of halogens is 1. The summed E-state index contributed by atoms with van der Waals surface area (Å²) in [7, 11) is 0. The zero-order chi connectivity index (χ0) is 15.4. The highest BCUT2D eigenvalue weighted by Crippen LogP contribution is 2.16. The summed E-state index contributed by atoms with van der Waals surface area (Å²) in [4.78, 5) is 16.4. The third kappa shape index (κ3) is 3.84. The molecule has 2 heterocycles. The molecule has 0 saturated heterocycles. The largest absolute Gasteiger partial charge is 0.444 e. The molecule has 0 aliphatic rings. The first kappa shape index (κ1) is 15.0. The first-order valence-electron chi connectivity index (χ1n) is 6.71. The molecule has 1 aromatic carbocycles. The van der Waals surface area contributed by atoms with Crippen LogP contribution in [0.2, 0.25) is 0 Å². The van der Waals surface area contributed by atoms with Crippen LogP contribution in [0, 0.1) is 0 Å². The fourth-order valence-electron chi connectivity index (χ4n) is 1.98. The molecule has 1 amide bonds. The van der Waals surface area contributed by atoms with E-state index < -0.39 is 0 Å². The van der Waals surface area contributed by atoms with Crippen molar-refractivity contribution in [1.29, 1.82) is 0 Å². The first-order valence-corrected chi connectivity index (χ1v) is 8.39. The Balaban J connectivity index is 1.57. The number of rotatable bonds is 5. The summed E-state index contributed by atoms with van der Waals surface area (Å²) >= 11 is 4.78. The zero-order valence-electron chi connectivity index (χ0n) is 11.6. The van der Waals surface area contributed by atoms with Crippen LogP contribution in [0.15, 0.2) is 56.9 Å². The van der Waals surface area contributed by atoms with Gasteiger partial charge in [0, 0.05) is 11.8 Å². The Morgan fingerprint density at radius 3 is 2.77 bits per heavy atom. The minimum atomic E-state index is -0.247. The second-order valence-electron chi connectivity index (χ2n) is 4.68. The van der Waals surface area contributed by atoms with Gasteiger partial charge in [-0.2, -0.15) is 0 Å². The number of nitrogens with one attached hydrogen (secondary N) is 1. The van der Waals surface area contributed by atoms with Gasteiger partial charge in [-0.1, -0.05) is 30.3 Å². The first-order chi connectivity index (χ1) is 10.7. The van der Waals surface area contributed by atoms with Gasteiger partial charge in [0.05, 0.1) is 17.2 Å². The lowest BCUT2D eigenvalue weighted by molar-refractivity contribution is 0.0921. The SMILES string of the molecule is O=C(NCc1csc(Cc2ccccc2)n1)c1ccc(Br)o1. The average Bonchev–Trinajstić information content (AvgIpc) is 3.15. The minimum absolute atomic E-state index is 0.247. The fourth-order valence-corrected chi connectivity index (χ4v) is 3.11. The normalized spacial score (nSPS) is 10.6. The molecule has 0 spiro atoms. The lowest BCUT2D eigenvalue weighted by Crippen LogP contribution is -2.22. The van der Waals surface area contributed by atoms with Gasteiger partial charge in [0.25, 0.3) is 5.91 Å². The van der Waals surface area contributed by atoms with Crippen molar-refractivity contribution in [3.8, 4) is 0 Å². The van der Waals surface area contributed by atoms with Crippen molar-refractivity contribution in [1.82, 2.24) is 10.3 Å². The molecule has 1 N–H and O–H groups in total. The summed E-state index contributed by atoms with van der Waals surface area (Å²) in [5, 5.41) is 5.80. The number of amides is 1. The number of carbonyl (C=O) groups excluding carboxylic acids is 1. The zero-order valence-corrected chi connectivity index (χ0v) is 14.0. The molecule has 4 nitrogen and oxygen atoms in total. The van der Waals surface area contributed by atoms with E-state index in [-0.39, 0.29) is 11.7 Å². The molecule has 0 atom stereocenters. The predicted octanol–water partition coefficient (Wildman–Crippen LogP) is 4.02. The van der Waals surface area contributed by atoms with Gasteiger partial charge in [-0.3, -0.25) is 4.79 Å². The fraction of sp³-hybridized carbons (Fsp3) is 0.125. The van der Waals surface area contributed by atoms with Gasteiger partial charge in [-0.05, 0) is 33.6 Å². The number of hydrogen-bond acceptors (Lipinski definition) is 4. The van der Waals surface area contributed by atoms with Gasteiger partial charge in [0.15, 0.2) is 10.4 Å². The van der Waals surface area contributed by atoms with E-state index in [4.69, 9.17) is 4.42 Å². The summed E-state index contributed by atoms with van der Waals surface area (Å²) in [6.45, 7) is 0.391. The maximum absolute atomic E-state index is 11.9. The summed E-state index contributed by atoms with van der Waals surface area (Å²) in [5.41, 5.74) is 2.09. The number of furan rings is 1. The minimum Gasteiger partial charge on any atom is -0.444 e. The average molecular weight is 377 g/mol. The highest BCUT2D eigenvalue weighted by atomic mass is 79.9. The number of benzene rings is 1. The van der Waals surface area contributed by atoms with Crippen molar-refractivity contribution in [2.45, 2.75) is 13.0 Å². The van der Waals surface area contributed by atoms with Crippen LogP contribution in [-0.2, 0) is 13.0 Å². The molecule has 0 aliphatic heterocycles. The lowest BCUT2D eigenvalue weighted by atomic mass is 10.2. The van der Waals surface area contributed by atoms with E-state index in [2.05, 4.69) is 38.4 Å². The number of nitrogens with zero attached hydrogens (tertiary/aromatic N) is 1. The van der Waals surface area contributed by atoms with Gasteiger partial charge < -0.3 is 9.73 Å². The molecule has 112 valence electrons. The molecular formula is C16H13BrN2O2S. The third-order valence-corrected chi connectivity index (χ3v) is 4.35. The van der Waals surface area contributed by atoms with Gasteiger partial charge in [-0.25, -0.2) is 4.98 Å². The van der Waals surface area contributed by atoms with E-state index in [0.29, 0.717) is 11.2 Å². The molecule has 2 aromatic heterocycles. The van der Waals surface area contributed by atoms with Crippen molar-refractivity contribution in [3.63, 3.8) is 0 Å². The van der Waals surface area contributed by atoms with Crippen molar-refractivity contribution in [3.05, 3.63) is 74.5 Å². The summed E-state index contributed by atoms with van der Waals surface area (Å²) in [6.07, 6.45) is 0.810. The number of aromatic nitrogens is 1. The van der Waals surface area contributed by atoms with Gasteiger partial charge in [0.2, 0.25) is 0 Å². The molecule has 0 fully saturated rings. The maximum atomic E-state index is 11.9. The van der Waals surface area contributed by atoms with Crippen LogP contribution in [0.4, 0.5) is 0 Å². The third-order valence-electron chi connectivity index (χ3n) is 3.02. The molecule has 0 saturated carbocycles. The Morgan fingerprint density at radius 2 is 2.05 bits per heavy atom. The van der Waals surface area contributed by atoms with E-state index in [9.17, 15) is 4.79 Å². The Hall–Kier alpha value is -1.92. The monoisotopic (exact) mass is 376 g/mol. The Bertz CT molecular complexity index is 767. The van der Waals surface area contributed by atoms with Crippen LogP contribution in [-0.4, -0.2) is 10.9 Å². The molecule has 22 heavy (non-hydrogen) atoms. The second kappa shape index (κ2) is 6.89. The van der Waals surface area contributed by atoms with Crippen LogP contribution in [0.3, 0.4) is 0 Å². The highest BCUT2D eigenvalue weighted by Gasteiger charge is 2.11. The van der Waals surface area contributed by atoms with Crippen LogP contribution in [0.25, 0.3) is 0 Å². The van der Waals surface area contributed by atoms with Crippen LogP contribution in [0.1, 0.15) is 26.8 Å². The molecule has 0 radical (unpaired) electrons. The Labute approximate surface area is 140 Å². The number of thiazole rings is 1. The predicted molar refractivity (Wildman–Crippen MR) is 88.9 cm³/mol. The molecule has 3 rings (SSSR count). The van der Waals surface area contributed by atoms with Crippen LogP contribution < -0.4 is 5.32 Å². The number of hydrogen-bond donors (Lipinski definition) is 1. The molecular weight excluding hydrogens is 364 g/mol. The van der Waals surface area contributed by atoms with Crippen molar-refractivity contribution in [2.24, 2.45) is 0 Å². The topological polar surface area (TPSA) is 55.1 Å². The van der Waals surface area contributed by atoms with E-state index in [0.717, 1.165) is 17.1 Å². The van der Waals surface area contributed by atoms with E-state index in [1.165, 1.54) is 5.56 Å². The van der Waals surface area contributed by atoms with Crippen molar-refractivity contribution in [2.75, 3.05) is 0 Å². The highest BCUT2D eigenvalue weighted by molar-refractivity contribution is 9.10. The van der Waals surface area contributed by atoms with Gasteiger partial charge in [0.1, 0.15) is 0 Å². The Kier molecular flexibility index (Phi) is 4.70. The van der Waals surface area contributed by atoms with Crippen molar-refractivity contribution >= 4 is 33.2 Å².